The van der Waals surface area contributed by atoms with Gasteiger partial charge in [-0.25, -0.2) is 0 Å². The molecule has 0 unspecified atom stereocenters. The Morgan fingerprint density at radius 2 is 2.12 bits per heavy atom. The largest absolute Gasteiger partial charge is 0.494 e. The summed E-state index contributed by atoms with van der Waals surface area (Å²) < 4.78 is 11.0. The molecule has 1 saturated heterocycles. The number of rotatable bonds is 4. The maximum absolute atomic E-state index is 6.01. The van der Waals surface area contributed by atoms with Gasteiger partial charge in [-0.15, -0.1) is 0 Å². The van der Waals surface area contributed by atoms with Crippen LogP contribution in [0.2, 0.25) is 0 Å². The van der Waals surface area contributed by atoms with Crippen LogP contribution in [-0.2, 0) is 4.74 Å². The van der Waals surface area contributed by atoms with Crippen molar-refractivity contribution in [2.45, 2.75) is 13.3 Å². The molecule has 1 aromatic carbocycles. The van der Waals surface area contributed by atoms with Gasteiger partial charge >= 0.3 is 0 Å². The standard InChI is InChI=1S/C13H20N2O2/c1-2-7-17-11-3-4-12(14)13(10-11)15-5-8-16-9-6-15/h3-4,10H,2,5-9,14H2,1H3. The number of nitrogen functional groups attached to an aromatic ring is 1. The Morgan fingerprint density at radius 3 is 2.82 bits per heavy atom. The second kappa shape index (κ2) is 5.77. The quantitative estimate of drug-likeness (QED) is 0.811. The monoisotopic (exact) mass is 236 g/mol. The van der Waals surface area contributed by atoms with Crippen LogP contribution < -0.4 is 15.4 Å². The first kappa shape index (κ1) is 12.0. The van der Waals surface area contributed by atoms with Crippen LogP contribution in [0.25, 0.3) is 0 Å². The predicted octanol–water partition coefficient (Wildman–Crippen LogP) is 1.89. The molecule has 0 atom stereocenters. The van der Waals surface area contributed by atoms with E-state index in [9.17, 15) is 0 Å². The first-order valence-corrected chi connectivity index (χ1v) is 6.16. The van der Waals surface area contributed by atoms with Crippen molar-refractivity contribution in [1.82, 2.24) is 0 Å². The van der Waals surface area contributed by atoms with Crippen LogP contribution in [0.5, 0.6) is 5.75 Å². The third-order valence-electron chi connectivity index (χ3n) is 2.83. The second-order valence-electron chi connectivity index (χ2n) is 4.17. The van der Waals surface area contributed by atoms with Crippen molar-refractivity contribution in [2.75, 3.05) is 43.5 Å². The van der Waals surface area contributed by atoms with E-state index in [0.717, 1.165) is 56.5 Å². The highest BCUT2D eigenvalue weighted by atomic mass is 16.5. The van der Waals surface area contributed by atoms with E-state index in [2.05, 4.69) is 11.8 Å². The minimum atomic E-state index is 0.743. The summed E-state index contributed by atoms with van der Waals surface area (Å²) >= 11 is 0. The summed E-state index contributed by atoms with van der Waals surface area (Å²) in [4.78, 5) is 2.25. The van der Waals surface area contributed by atoms with E-state index >= 15 is 0 Å². The molecule has 2 rings (SSSR count). The molecule has 0 bridgehead atoms. The highest BCUT2D eigenvalue weighted by molar-refractivity contribution is 5.69. The molecule has 1 aromatic rings. The summed E-state index contributed by atoms with van der Waals surface area (Å²) in [6.07, 6.45) is 1.01. The molecule has 0 aromatic heterocycles. The lowest BCUT2D eigenvalue weighted by Gasteiger charge is -2.30. The van der Waals surface area contributed by atoms with E-state index in [0.29, 0.717) is 0 Å². The van der Waals surface area contributed by atoms with E-state index in [1.54, 1.807) is 0 Å². The zero-order chi connectivity index (χ0) is 12.1. The molecular weight excluding hydrogens is 216 g/mol. The Labute approximate surface area is 102 Å². The molecule has 17 heavy (non-hydrogen) atoms. The Kier molecular flexibility index (Phi) is 4.09. The summed E-state index contributed by atoms with van der Waals surface area (Å²) in [7, 11) is 0. The first-order chi connectivity index (χ1) is 8.31. The van der Waals surface area contributed by atoms with Gasteiger partial charge in [0, 0.05) is 19.2 Å². The molecule has 0 radical (unpaired) electrons. The van der Waals surface area contributed by atoms with Gasteiger partial charge in [0.1, 0.15) is 5.75 Å². The van der Waals surface area contributed by atoms with Crippen molar-refractivity contribution >= 4 is 11.4 Å². The summed E-state index contributed by atoms with van der Waals surface area (Å²) in [5.41, 5.74) is 7.87. The van der Waals surface area contributed by atoms with Gasteiger partial charge in [0.25, 0.3) is 0 Å². The van der Waals surface area contributed by atoms with E-state index in [1.807, 2.05) is 18.2 Å². The third kappa shape index (κ3) is 3.03. The number of ether oxygens (including phenoxy) is 2. The minimum Gasteiger partial charge on any atom is -0.494 e. The smallest absolute Gasteiger partial charge is 0.121 e. The van der Waals surface area contributed by atoms with Crippen molar-refractivity contribution in [2.24, 2.45) is 0 Å². The lowest BCUT2D eigenvalue weighted by molar-refractivity contribution is 0.122. The molecule has 0 spiro atoms. The van der Waals surface area contributed by atoms with Gasteiger partial charge in [-0.1, -0.05) is 6.92 Å². The van der Waals surface area contributed by atoms with E-state index in [-0.39, 0.29) is 0 Å². The van der Waals surface area contributed by atoms with Crippen LogP contribution in [0, 0.1) is 0 Å². The molecule has 94 valence electrons. The van der Waals surface area contributed by atoms with Gasteiger partial charge < -0.3 is 20.1 Å². The average molecular weight is 236 g/mol. The van der Waals surface area contributed by atoms with Crippen molar-refractivity contribution in [1.29, 1.82) is 0 Å². The fourth-order valence-corrected chi connectivity index (χ4v) is 1.91. The van der Waals surface area contributed by atoms with E-state index < -0.39 is 0 Å². The molecule has 0 saturated carbocycles. The number of nitrogens with zero attached hydrogens (tertiary/aromatic N) is 1. The topological polar surface area (TPSA) is 47.7 Å². The highest BCUT2D eigenvalue weighted by Crippen LogP contribution is 2.28. The van der Waals surface area contributed by atoms with Crippen molar-refractivity contribution < 1.29 is 9.47 Å². The molecule has 4 nitrogen and oxygen atoms in total. The Hall–Kier alpha value is -1.42. The Bertz CT molecular complexity index is 362. The molecule has 0 amide bonds. The van der Waals surface area contributed by atoms with E-state index in [1.165, 1.54) is 0 Å². The van der Waals surface area contributed by atoms with Crippen LogP contribution in [0.15, 0.2) is 18.2 Å². The van der Waals surface area contributed by atoms with Crippen LogP contribution in [0.3, 0.4) is 0 Å². The van der Waals surface area contributed by atoms with Gasteiger partial charge in [0.2, 0.25) is 0 Å². The zero-order valence-electron chi connectivity index (χ0n) is 10.3. The SMILES string of the molecule is CCCOc1ccc(N)c(N2CCOCC2)c1. The first-order valence-electron chi connectivity index (χ1n) is 6.16. The molecule has 1 heterocycles. The third-order valence-corrected chi connectivity index (χ3v) is 2.83. The van der Waals surface area contributed by atoms with Gasteiger partial charge in [-0.2, -0.15) is 0 Å². The normalized spacial score (nSPS) is 15.9. The molecule has 0 aliphatic carbocycles. The lowest BCUT2D eigenvalue weighted by atomic mass is 10.2. The van der Waals surface area contributed by atoms with Gasteiger partial charge in [0.15, 0.2) is 0 Å². The van der Waals surface area contributed by atoms with Crippen LogP contribution in [-0.4, -0.2) is 32.9 Å². The highest BCUT2D eigenvalue weighted by Gasteiger charge is 2.14. The summed E-state index contributed by atoms with van der Waals surface area (Å²) in [5, 5.41) is 0. The maximum atomic E-state index is 6.01. The fourth-order valence-electron chi connectivity index (χ4n) is 1.91. The molecular formula is C13H20N2O2. The molecule has 1 aliphatic rings. The van der Waals surface area contributed by atoms with Gasteiger partial charge in [0.05, 0.1) is 31.2 Å². The van der Waals surface area contributed by atoms with Gasteiger partial charge in [-0.3, -0.25) is 0 Å². The molecule has 1 aliphatic heterocycles. The van der Waals surface area contributed by atoms with Crippen LogP contribution in [0.4, 0.5) is 11.4 Å². The average Bonchev–Trinajstić information content (AvgIpc) is 2.39. The Balaban J connectivity index is 2.13. The number of nitrogens with two attached hydrogens (primary N) is 1. The second-order valence-corrected chi connectivity index (χ2v) is 4.17. The number of hydrogen-bond donors (Lipinski definition) is 1. The fraction of sp³-hybridized carbons (Fsp3) is 0.538. The van der Waals surface area contributed by atoms with Gasteiger partial charge in [-0.05, 0) is 18.6 Å². The number of anilines is 2. The number of hydrogen-bond acceptors (Lipinski definition) is 4. The molecule has 2 N–H and O–H groups in total. The summed E-state index contributed by atoms with van der Waals surface area (Å²) in [6.45, 7) is 6.15. The van der Waals surface area contributed by atoms with Crippen molar-refractivity contribution in [3.05, 3.63) is 18.2 Å². The van der Waals surface area contributed by atoms with Crippen LogP contribution in [0.1, 0.15) is 13.3 Å². The van der Waals surface area contributed by atoms with Crippen LogP contribution >= 0.6 is 0 Å². The molecule has 1 fully saturated rings. The maximum Gasteiger partial charge on any atom is 0.121 e. The van der Waals surface area contributed by atoms with E-state index in [4.69, 9.17) is 15.2 Å². The van der Waals surface area contributed by atoms with Crippen molar-refractivity contribution in [3.8, 4) is 5.75 Å². The lowest BCUT2D eigenvalue weighted by Crippen LogP contribution is -2.36. The van der Waals surface area contributed by atoms with Crippen molar-refractivity contribution in [3.63, 3.8) is 0 Å². The summed E-state index contributed by atoms with van der Waals surface area (Å²) in [6, 6.07) is 5.86. The predicted molar refractivity (Wildman–Crippen MR) is 69.7 cm³/mol. The zero-order valence-corrected chi connectivity index (χ0v) is 10.3. The Morgan fingerprint density at radius 1 is 1.35 bits per heavy atom. The number of morpholine rings is 1. The molecule has 4 heteroatoms. The summed E-state index contributed by atoms with van der Waals surface area (Å²) in [5.74, 6) is 0.891. The number of benzene rings is 1. The minimum absolute atomic E-state index is 0.743.